The summed E-state index contributed by atoms with van der Waals surface area (Å²) in [6, 6.07) is 14.8. The smallest absolute Gasteiger partial charge is 0.262 e. The van der Waals surface area contributed by atoms with E-state index in [2.05, 4.69) is 19.2 Å². The predicted octanol–water partition coefficient (Wildman–Crippen LogP) is 4.87. The van der Waals surface area contributed by atoms with E-state index < -0.39 is 0 Å². The van der Waals surface area contributed by atoms with Gasteiger partial charge in [-0.25, -0.2) is 0 Å². The van der Waals surface area contributed by atoms with Gasteiger partial charge in [0.1, 0.15) is 5.75 Å². The van der Waals surface area contributed by atoms with Crippen molar-refractivity contribution in [2.75, 3.05) is 11.9 Å². The van der Waals surface area contributed by atoms with Gasteiger partial charge >= 0.3 is 0 Å². The van der Waals surface area contributed by atoms with E-state index >= 15 is 0 Å². The van der Waals surface area contributed by atoms with Crippen molar-refractivity contribution in [3.63, 3.8) is 0 Å². The van der Waals surface area contributed by atoms with Crippen LogP contribution in [-0.4, -0.2) is 12.5 Å². The Bertz CT molecular complexity index is 608. The highest BCUT2D eigenvalue weighted by atomic mass is 35.5. The molecule has 0 bridgehead atoms. The van der Waals surface area contributed by atoms with Crippen LogP contribution in [-0.2, 0) is 4.79 Å². The summed E-state index contributed by atoms with van der Waals surface area (Å²) >= 11 is 5.79. The molecule has 0 aromatic heterocycles. The maximum atomic E-state index is 11.9. The monoisotopic (exact) mass is 317 g/mol. The number of hydrogen-bond acceptors (Lipinski definition) is 2. The first-order valence-corrected chi connectivity index (χ1v) is 7.74. The van der Waals surface area contributed by atoms with Crippen LogP contribution in [0.4, 0.5) is 5.69 Å². The van der Waals surface area contributed by atoms with Gasteiger partial charge in [-0.3, -0.25) is 4.79 Å². The van der Waals surface area contributed by atoms with Gasteiger partial charge in [-0.2, -0.15) is 0 Å². The summed E-state index contributed by atoms with van der Waals surface area (Å²) in [5, 5.41) is 3.45. The molecule has 0 spiro atoms. The fraction of sp³-hybridized carbons (Fsp3) is 0.278. The van der Waals surface area contributed by atoms with Crippen molar-refractivity contribution in [2.45, 2.75) is 26.2 Å². The van der Waals surface area contributed by atoms with E-state index in [4.69, 9.17) is 16.3 Å². The Balaban J connectivity index is 1.85. The van der Waals surface area contributed by atoms with Crippen molar-refractivity contribution < 1.29 is 9.53 Å². The third kappa shape index (κ3) is 4.78. The zero-order valence-electron chi connectivity index (χ0n) is 12.8. The number of carbonyl (C=O) groups excluding carboxylic acids is 1. The molecule has 0 aliphatic carbocycles. The first-order valence-electron chi connectivity index (χ1n) is 7.36. The highest BCUT2D eigenvalue weighted by Gasteiger charge is 2.06. The van der Waals surface area contributed by atoms with Gasteiger partial charge in [-0.05, 0) is 54.3 Å². The zero-order chi connectivity index (χ0) is 15.9. The van der Waals surface area contributed by atoms with Crippen molar-refractivity contribution in [1.82, 2.24) is 0 Å². The van der Waals surface area contributed by atoms with Gasteiger partial charge in [0.05, 0.1) is 0 Å². The van der Waals surface area contributed by atoms with Gasteiger partial charge in [0, 0.05) is 10.7 Å². The molecule has 22 heavy (non-hydrogen) atoms. The quantitative estimate of drug-likeness (QED) is 0.825. The van der Waals surface area contributed by atoms with E-state index in [0.29, 0.717) is 16.7 Å². The number of carbonyl (C=O) groups is 1. The number of ether oxygens (including phenoxy) is 1. The van der Waals surface area contributed by atoms with Crippen molar-refractivity contribution in [1.29, 1.82) is 0 Å². The number of anilines is 1. The molecule has 0 saturated heterocycles. The number of benzene rings is 2. The minimum Gasteiger partial charge on any atom is -0.484 e. The molecule has 4 heteroatoms. The Morgan fingerprint density at radius 2 is 1.77 bits per heavy atom. The number of rotatable bonds is 6. The van der Waals surface area contributed by atoms with Crippen LogP contribution in [0.1, 0.15) is 31.7 Å². The van der Waals surface area contributed by atoms with Crippen LogP contribution >= 0.6 is 11.6 Å². The number of amides is 1. The Kier molecular flexibility index (Phi) is 5.84. The van der Waals surface area contributed by atoms with Crippen molar-refractivity contribution >= 4 is 23.2 Å². The van der Waals surface area contributed by atoms with E-state index in [1.54, 1.807) is 24.3 Å². The molecule has 116 valence electrons. The summed E-state index contributed by atoms with van der Waals surface area (Å²) in [6.45, 7) is 4.32. The largest absolute Gasteiger partial charge is 0.484 e. The Labute approximate surface area is 136 Å². The Morgan fingerprint density at radius 3 is 2.36 bits per heavy atom. The van der Waals surface area contributed by atoms with E-state index in [1.165, 1.54) is 5.56 Å². The van der Waals surface area contributed by atoms with Crippen molar-refractivity contribution in [3.05, 3.63) is 59.1 Å². The van der Waals surface area contributed by atoms with Crippen molar-refractivity contribution in [3.8, 4) is 5.75 Å². The third-order valence-electron chi connectivity index (χ3n) is 3.56. The molecule has 1 amide bonds. The first kappa shape index (κ1) is 16.4. The van der Waals surface area contributed by atoms with Crippen LogP contribution in [0.15, 0.2) is 48.5 Å². The molecule has 2 aromatic carbocycles. The number of nitrogens with one attached hydrogen (secondary N) is 1. The van der Waals surface area contributed by atoms with E-state index in [-0.39, 0.29) is 12.5 Å². The molecule has 0 fully saturated rings. The molecule has 2 rings (SSSR count). The third-order valence-corrected chi connectivity index (χ3v) is 3.81. The average Bonchev–Trinajstić information content (AvgIpc) is 2.54. The maximum Gasteiger partial charge on any atom is 0.262 e. The van der Waals surface area contributed by atoms with E-state index in [0.717, 1.165) is 12.1 Å². The second-order valence-electron chi connectivity index (χ2n) is 5.22. The normalized spacial score (nSPS) is 11.8. The molecule has 0 aliphatic heterocycles. The highest BCUT2D eigenvalue weighted by Crippen LogP contribution is 2.20. The highest BCUT2D eigenvalue weighted by molar-refractivity contribution is 6.30. The molecule has 0 radical (unpaired) electrons. The minimum absolute atomic E-state index is 0.0330. The summed E-state index contributed by atoms with van der Waals surface area (Å²) in [7, 11) is 0. The number of hydrogen-bond donors (Lipinski definition) is 1. The molecule has 0 unspecified atom stereocenters. The Morgan fingerprint density at radius 1 is 1.14 bits per heavy atom. The first-order chi connectivity index (χ1) is 10.6. The van der Waals surface area contributed by atoms with Gasteiger partial charge in [0.25, 0.3) is 5.91 Å². The SMILES string of the molecule is CC[C@H](C)c1ccc(NC(=O)COc2ccc(Cl)cc2)cc1. The molecular formula is C18H20ClNO2. The predicted molar refractivity (Wildman–Crippen MR) is 90.7 cm³/mol. The fourth-order valence-electron chi connectivity index (χ4n) is 2.01. The lowest BCUT2D eigenvalue weighted by Crippen LogP contribution is -2.20. The topological polar surface area (TPSA) is 38.3 Å². The van der Waals surface area contributed by atoms with Crippen LogP contribution in [0.25, 0.3) is 0 Å². The maximum absolute atomic E-state index is 11.9. The second-order valence-corrected chi connectivity index (χ2v) is 5.66. The van der Waals surface area contributed by atoms with Crippen molar-refractivity contribution in [2.24, 2.45) is 0 Å². The van der Waals surface area contributed by atoms with Crippen LogP contribution in [0, 0.1) is 0 Å². The summed E-state index contributed by atoms with van der Waals surface area (Å²) in [6.07, 6.45) is 1.10. The molecule has 0 aliphatic rings. The van der Waals surface area contributed by atoms with Gasteiger partial charge in [-0.15, -0.1) is 0 Å². The average molecular weight is 318 g/mol. The lowest BCUT2D eigenvalue weighted by atomic mass is 9.99. The van der Waals surface area contributed by atoms with E-state index in [1.807, 2.05) is 24.3 Å². The van der Waals surface area contributed by atoms with Crippen LogP contribution < -0.4 is 10.1 Å². The second kappa shape index (κ2) is 7.85. The van der Waals surface area contributed by atoms with Gasteiger partial charge in [0.15, 0.2) is 6.61 Å². The van der Waals surface area contributed by atoms with Crippen LogP contribution in [0.2, 0.25) is 5.02 Å². The molecular weight excluding hydrogens is 298 g/mol. The molecule has 0 heterocycles. The molecule has 1 N–H and O–H groups in total. The van der Waals surface area contributed by atoms with Crippen LogP contribution in [0.5, 0.6) is 5.75 Å². The summed E-state index contributed by atoms with van der Waals surface area (Å²) < 4.78 is 5.40. The van der Waals surface area contributed by atoms with Gasteiger partial charge in [0.2, 0.25) is 0 Å². The van der Waals surface area contributed by atoms with Crippen LogP contribution in [0.3, 0.4) is 0 Å². The molecule has 2 aromatic rings. The number of halogens is 1. The standard InChI is InChI=1S/C18H20ClNO2/c1-3-13(2)14-4-8-16(9-5-14)20-18(21)12-22-17-10-6-15(19)7-11-17/h4-11,13H,3,12H2,1-2H3,(H,20,21)/t13-/m0/s1. The van der Waals surface area contributed by atoms with Gasteiger partial charge in [-0.1, -0.05) is 37.6 Å². The summed E-state index contributed by atoms with van der Waals surface area (Å²) in [4.78, 5) is 11.9. The zero-order valence-corrected chi connectivity index (χ0v) is 13.6. The molecule has 0 saturated carbocycles. The fourth-order valence-corrected chi connectivity index (χ4v) is 2.13. The molecule has 1 atom stereocenters. The lowest BCUT2D eigenvalue weighted by molar-refractivity contribution is -0.118. The summed E-state index contributed by atoms with van der Waals surface area (Å²) in [5.74, 6) is 0.955. The summed E-state index contributed by atoms with van der Waals surface area (Å²) in [5.41, 5.74) is 2.05. The van der Waals surface area contributed by atoms with Gasteiger partial charge < -0.3 is 10.1 Å². The Hall–Kier alpha value is -2.00. The minimum atomic E-state index is -0.189. The molecule has 3 nitrogen and oxygen atoms in total. The lowest BCUT2D eigenvalue weighted by Gasteiger charge is -2.11. The van der Waals surface area contributed by atoms with E-state index in [9.17, 15) is 4.79 Å².